The van der Waals surface area contributed by atoms with Crippen molar-refractivity contribution in [3.8, 4) is 0 Å². The van der Waals surface area contributed by atoms with Crippen LogP contribution in [0.15, 0.2) is 10.6 Å². The van der Waals surface area contributed by atoms with E-state index in [9.17, 15) is 9.59 Å². The highest BCUT2D eigenvalue weighted by atomic mass is 16.5. The number of likely N-dealkylation sites (tertiary alicyclic amines) is 1. The molecule has 1 fully saturated rings. The Morgan fingerprint density at radius 2 is 2.14 bits per heavy atom. The summed E-state index contributed by atoms with van der Waals surface area (Å²) < 4.78 is 12.2. The lowest BCUT2D eigenvalue weighted by Crippen LogP contribution is -2.39. The summed E-state index contributed by atoms with van der Waals surface area (Å²) in [4.78, 5) is 29.2. The molecule has 2 aromatic heterocycles. The number of piperidine rings is 1. The minimum absolute atomic E-state index is 0.00673. The first-order valence-electron chi connectivity index (χ1n) is 10.1. The van der Waals surface area contributed by atoms with E-state index in [4.69, 9.17) is 14.4 Å². The maximum atomic E-state index is 13.1. The molecule has 1 unspecified atom stereocenters. The normalized spacial score (nSPS) is 20.0. The van der Waals surface area contributed by atoms with Crippen molar-refractivity contribution in [2.24, 2.45) is 0 Å². The van der Waals surface area contributed by atoms with Gasteiger partial charge in [0.15, 0.2) is 5.69 Å². The minimum atomic E-state index is -0.143. The van der Waals surface area contributed by atoms with Crippen molar-refractivity contribution in [2.45, 2.75) is 45.3 Å². The molecule has 29 heavy (non-hydrogen) atoms. The number of methoxy groups -OCH3 is 1. The fraction of sp³-hybridized carbons (Fsp3) is 0.600. The van der Waals surface area contributed by atoms with Crippen molar-refractivity contribution < 1.29 is 18.8 Å². The second kappa shape index (κ2) is 7.98. The molecule has 156 valence electrons. The molecule has 9 nitrogen and oxygen atoms in total. The molecule has 0 N–H and O–H groups in total. The van der Waals surface area contributed by atoms with Crippen LogP contribution in [0.5, 0.6) is 0 Å². The molecule has 0 bridgehead atoms. The molecule has 2 amide bonds. The highest BCUT2D eigenvalue weighted by Gasteiger charge is 2.32. The number of amides is 2. The molecular weight excluding hydrogens is 374 g/mol. The molecular formula is C20H27N5O4. The lowest BCUT2D eigenvalue weighted by atomic mass is 9.94. The van der Waals surface area contributed by atoms with Gasteiger partial charge < -0.3 is 19.1 Å². The molecule has 1 saturated heterocycles. The number of ether oxygens (including phenoxy) is 1. The Balaban J connectivity index is 1.54. The fourth-order valence-corrected chi connectivity index (χ4v) is 4.16. The summed E-state index contributed by atoms with van der Waals surface area (Å²) in [6, 6.07) is 1.90. The molecule has 4 rings (SSSR count). The standard InChI is InChI=1S/C20H27N5O4/c1-13-15(12-28-3)18(22-29-13)20(27)24-8-4-6-14(11-24)16-10-17-19(26)23(2)7-5-9-25(17)21-16/h10,14H,4-9,11-12H2,1-3H3. The molecule has 0 aromatic carbocycles. The maximum absolute atomic E-state index is 13.1. The molecule has 0 radical (unpaired) electrons. The van der Waals surface area contributed by atoms with E-state index in [0.717, 1.165) is 38.0 Å². The summed E-state index contributed by atoms with van der Waals surface area (Å²) in [7, 11) is 3.41. The Hall–Kier alpha value is -2.68. The van der Waals surface area contributed by atoms with E-state index in [-0.39, 0.29) is 24.3 Å². The van der Waals surface area contributed by atoms with Crippen LogP contribution < -0.4 is 0 Å². The van der Waals surface area contributed by atoms with Crippen LogP contribution in [0.3, 0.4) is 0 Å². The third-order valence-electron chi connectivity index (χ3n) is 5.83. The minimum Gasteiger partial charge on any atom is -0.380 e. The van der Waals surface area contributed by atoms with Crippen LogP contribution in [0.25, 0.3) is 0 Å². The zero-order valence-corrected chi connectivity index (χ0v) is 17.2. The summed E-state index contributed by atoms with van der Waals surface area (Å²) in [5.41, 5.74) is 2.54. The topological polar surface area (TPSA) is 93.7 Å². The van der Waals surface area contributed by atoms with Crippen molar-refractivity contribution in [3.63, 3.8) is 0 Å². The monoisotopic (exact) mass is 401 g/mol. The lowest BCUT2D eigenvalue weighted by molar-refractivity contribution is 0.0690. The van der Waals surface area contributed by atoms with Gasteiger partial charge in [-0.25, -0.2) is 0 Å². The van der Waals surface area contributed by atoms with E-state index in [2.05, 4.69) is 5.16 Å². The van der Waals surface area contributed by atoms with E-state index in [1.165, 1.54) is 0 Å². The quantitative estimate of drug-likeness (QED) is 0.776. The van der Waals surface area contributed by atoms with Crippen molar-refractivity contribution in [3.05, 3.63) is 34.5 Å². The van der Waals surface area contributed by atoms with Gasteiger partial charge in [0, 0.05) is 46.3 Å². The predicted molar refractivity (Wildman–Crippen MR) is 104 cm³/mol. The smallest absolute Gasteiger partial charge is 0.276 e. The van der Waals surface area contributed by atoms with Crippen molar-refractivity contribution in [1.29, 1.82) is 0 Å². The second-order valence-electron chi connectivity index (χ2n) is 7.85. The molecule has 2 aromatic rings. The van der Waals surface area contributed by atoms with Gasteiger partial charge in [0.2, 0.25) is 0 Å². The summed E-state index contributed by atoms with van der Waals surface area (Å²) in [6.45, 7) is 4.77. The molecule has 4 heterocycles. The first-order valence-corrected chi connectivity index (χ1v) is 10.1. The van der Waals surface area contributed by atoms with Crippen molar-refractivity contribution in [1.82, 2.24) is 24.7 Å². The van der Waals surface area contributed by atoms with E-state index in [0.29, 0.717) is 35.8 Å². The molecule has 0 spiro atoms. The van der Waals surface area contributed by atoms with Crippen LogP contribution in [0, 0.1) is 6.92 Å². The van der Waals surface area contributed by atoms with Crippen LogP contribution in [0.2, 0.25) is 0 Å². The Labute approximate surface area is 169 Å². The van der Waals surface area contributed by atoms with E-state index in [1.54, 1.807) is 18.9 Å². The Kier molecular flexibility index (Phi) is 5.40. The maximum Gasteiger partial charge on any atom is 0.276 e. The molecule has 0 saturated carbocycles. The summed E-state index contributed by atoms with van der Waals surface area (Å²) in [5, 5.41) is 8.69. The zero-order valence-electron chi connectivity index (χ0n) is 17.2. The van der Waals surface area contributed by atoms with Gasteiger partial charge in [-0.3, -0.25) is 14.3 Å². The molecule has 1 atom stereocenters. The average Bonchev–Trinajstić information content (AvgIpc) is 3.28. The SMILES string of the molecule is COCc1c(C(=O)N2CCCC(c3cc4n(n3)CCCN(C)C4=O)C2)noc1C. The Morgan fingerprint density at radius 1 is 1.31 bits per heavy atom. The fourth-order valence-electron chi connectivity index (χ4n) is 4.16. The van der Waals surface area contributed by atoms with Crippen molar-refractivity contribution >= 4 is 11.8 Å². The van der Waals surface area contributed by atoms with Crippen LogP contribution in [0.1, 0.15) is 63.2 Å². The first kappa shape index (κ1) is 19.6. The Bertz CT molecular complexity index is 918. The van der Waals surface area contributed by atoms with Crippen molar-refractivity contribution in [2.75, 3.05) is 33.8 Å². The third-order valence-corrected chi connectivity index (χ3v) is 5.83. The molecule has 0 aliphatic carbocycles. The van der Waals surface area contributed by atoms with E-state index in [1.807, 2.05) is 22.7 Å². The van der Waals surface area contributed by atoms with Gasteiger partial charge in [-0.1, -0.05) is 5.16 Å². The average molecular weight is 401 g/mol. The van der Waals surface area contributed by atoms with Crippen LogP contribution in [-0.4, -0.2) is 70.3 Å². The number of fused-ring (bicyclic) bond motifs is 1. The summed E-state index contributed by atoms with van der Waals surface area (Å²) >= 11 is 0. The van der Waals surface area contributed by atoms with Gasteiger partial charge in [0.1, 0.15) is 11.5 Å². The van der Waals surface area contributed by atoms with E-state index >= 15 is 0 Å². The van der Waals surface area contributed by atoms with Crippen LogP contribution in [-0.2, 0) is 17.9 Å². The van der Waals surface area contributed by atoms with E-state index < -0.39 is 0 Å². The number of carbonyl (C=O) groups is 2. The number of aromatic nitrogens is 3. The predicted octanol–water partition coefficient (Wildman–Crippen LogP) is 1.82. The molecule has 9 heteroatoms. The number of rotatable bonds is 4. The molecule has 2 aliphatic heterocycles. The Morgan fingerprint density at radius 3 is 2.93 bits per heavy atom. The number of aryl methyl sites for hydroxylation is 2. The van der Waals surface area contributed by atoms with Gasteiger partial charge in [-0.15, -0.1) is 0 Å². The summed E-state index contributed by atoms with van der Waals surface area (Å²) in [6.07, 6.45) is 2.70. The van der Waals surface area contributed by atoms with Crippen LogP contribution >= 0.6 is 0 Å². The number of carbonyl (C=O) groups excluding carboxylic acids is 2. The third kappa shape index (κ3) is 3.66. The van der Waals surface area contributed by atoms with Gasteiger partial charge in [0.25, 0.3) is 11.8 Å². The number of hydrogen-bond donors (Lipinski definition) is 0. The number of hydrogen-bond acceptors (Lipinski definition) is 6. The number of nitrogens with zero attached hydrogens (tertiary/aromatic N) is 5. The molecule has 2 aliphatic rings. The zero-order chi connectivity index (χ0) is 20.5. The largest absolute Gasteiger partial charge is 0.380 e. The second-order valence-corrected chi connectivity index (χ2v) is 7.85. The van der Waals surface area contributed by atoms with Crippen LogP contribution in [0.4, 0.5) is 0 Å². The van der Waals surface area contributed by atoms with Gasteiger partial charge in [-0.05, 0) is 32.3 Å². The van der Waals surface area contributed by atoms with Gasteiger partial charge in [-0.2, -0.15) is 5.10 Å². The summed E-state index contributed by atoms with van der Waals surface area (Å²) in [5.74, 6) is 0.566. The van der Waals surface area contributed by atoms with Gasteiger partial charge >= 0.3 is 0 Å². The highest BCUT2D eigenvalue weighted by Crippen LogP contribution is 2.29. The highest BCUT2D eigenvalue weighted by molar-refractivity contribution is 5.94. The first-order chi connectivity index (χ1) is 14.0. The van der Waals surface area contributed by atoms with Gasteiger partial charge in [0.05, 0.1) is 17.9 Å². The lowest BCUT2D eigenvalue weighted by Gasteiger charge is -2.31.